The number of amides is 1. The van der Waals surface area contributed by atoms with Gasteiger partial charge in [0.15, 0.2) is 11.6 Å². The number of halogens is 2. The van der Waals surface area contributed by atoms with Crippen molar-refractivity contribution in [2.75, 3.05) is 26.2 Å². The second-order valence-corrected chi connectivity index (χ2v) is 6.38. The van der Waals surface area contributed by atoms with Crippen LogP contribution in [0.1, 0.15) is 23.2 Å². The third-order valence-corrected chi connectivity index (χ3v) is 4.53. The zero-order valence-electron chi connectivity index (χ0n) is 14.5. The molecule has 0 saturated carbocycles. The van der Waals surface area contributed by atoms with E-state index in [1.165, 1.54) is 30.3 Å². The van der Waals surface area contributed by atoms with Crippen molar-refractivity contribution >= 4 is 5.91 Å². The Bertz CT molecular complexity index is 729. The van der Waals surface area contributed by atoms with Crippen LogP contribution < -0.4 is 10.1 Å². The summed E-state index contributed by atoms with van der Waals surface area (Å²) in [4.78, 5) is 14.4. The minimum absolute atomic E-state index is 0.108. The number of carbonyl (C=O) groups excluding carboxylic acids is 1. The fourth-order valence-electron chi connectivity index (χ4n) is 3.02. The lowest BCUT2D eigenvalue weighted by Crippen LogP contribution is -2.45. The molecule has 26 heavy (non-hydrogen) atoms. The second-order valence-electron chi connectivity index (χ2n) is 6.38. The van der Waals surface area contributed by atoms with Crippen LogP contribution in [0, 0.1) is 11.6 Å². The van der Waals surface area contributed by atoms with E-state index >= 15 is 0 Å². The Labute approximate surface area is 151 Å². The second kappa shape index (κ2) is 8.76. The van der Waals surface area contributed by atoms with Gasteiger partial charge in [0.05, 0.1) is 0 Å². The molecule has 0 unspecified atom stereocenters. The molecule has 0 radical (unpaired) electrons. The summed E-state index contributed by atoms with van der Waals surface area (Å²) in [7, 11) is 0. The fourth-order valence-corrected chi connectivity index (χ4v) is 3.02. The highest BCUT2D eigenvalue weighted by Crippen LogP contribution is 2.16. The van der Waals surface area contributed by atoms with Crippen molar-refractivity contribution < 1.29 is 18.3 Å². The maximum absolute atomic E-state index is 13.5. The first-order valence-electron chi connectivity index (χ1n) is 8.78. The third-order valence-electron chi connectivity index (χ3n) is 4.53. The molecule has 1 aliphatic rings. The highest BCUT2D eigenvalue weighted by atomic mass is 19.1. The minimum Gasteiger partial charge on any atom is -0.489 e. The molecule has 0 aliphatic carbocycles. The minimum atomic E-state index is -0.354. The number of carbonyl (C=O) groups is 1. The van der Waals surface area contributed by atoms with Crippen LogP contribution in [0.3, 0.4) is 0 Å². The van der Waals surface area contributed by atoms with Gasteiger partial charge >= 0.3 is 0 Å². The highest BCUT2D eigenvalue weighted by molar-refractivity contribution is 5.94. The Morgan fingerprint density at radius 1 is 1.08 bits per heavy atom. The Morgan fingerprint density at radius 3 is 2.46 bits per heavy atom. The normalized spacial score (nSPS) is 15.6. The predicted molar refractivity (Wildman–Crippen MR) is 95.2 cm³/mol. The van der Waals surface area contributed by atoms with Crippen LogP contribution in [-0.4, -0.2) is 43.1 Å². The van der Waals surface area contributed by atoms with Gasteiger partial charge in [0, 0.05) is 31.2 Å². The third kappa shape index (κ3) is 5.02. The van der Waals surface area contributed by atoms with Crippen molar-refractivity contribution in [3.8, 4) is 5.75 Å². The summed E-state index contributed by atoms with van der Waals surface area (Å²) in [5.74, 6) is -0.609. The lowest BCUT2D eigenvalue weighted by atomic mass is 10.0. The zero-order valence-corrected chi connectivity index (χ0v) is 14.5. The smallest absolute Gasteiger partial charge is 0.251 e. The first-order chi connectivity index (χ1) is 12.6. The number of likely N-dealkylation sites (tertiary alicyclic amines) is 1. The van der Waals surface area contributed by atoms with Gasteiger partial charge < -0.3 is 10.1 Å². The first-order valence-corrected chi connectivity index (χ1v) is 8.78. The van der Waals surface area contributed by atoms with E-state index in [1.807, 2.05) is 0 Å². The molecule has 4 nitrogen and oxygen atoms in total. The predicted octanol–water partition coefficient (Wildman–Crippen LogP) is 3.24. The molecule has 1 N–H and O–H groups in total. The van der Waals surface area contributed by atoms with Gasteiger partial charge in [-0.15, -0.1) is 0 Å². The number of piperidine rings is 1. The standard InChI is InChI=1S/C20H22F2N2O2/c21-16-7-5-15(6-8-16)20(25)23-17-9-11-24(12-10-17)13-14-26-19-4-2-1-3-18(19)22/h1-8,17H,9-14H2,(H,23,25). The number of ether oxygens (including phenoxy) is 1. The van der Waals surface area contributed by atoms with Crippen LogP contribution in [0.4, 0.5) is 8.78 Å². The molecule has 0 bridgehead atoms. The molecule has 3 rings (SSSR count). The molecule has 2 aromatic carbocycles. The van der Waals surface area contributed by atoms with E-state index in [4.69, 9.17) is 4.74 Å². The SMILES string of the molecule is O=C(NC1CCN(CCOc2ccccc2F)CC1)c1ccc(F)cc1. The number of rotatable bonds is 6. The van der Waals surface area contributed by atoms with Gasteiger partial charge in [0.1, 0.15) is 12.4 Å². The van der Waals surface area contributed by atoms with Gasteiger partial charge in [0.2, 0.25) is 0 Å². The number of hydrogen-bond acceptors (Lipinski definition) is 3. The number of hydrogen-bond donors (Lipinski definition) is 1. The molecule has 6 heteroatoms. The molecule has 0 aromatic heterocycles. The van der Waals surface area contributed by atoms with E-state index in [-0.39, 0.29) is 29.3 Å². The largest absolute Gasteiger partial charge is 0.489 e. The average Bonchev–Trinajstić information content (AvgIpc) is 2.65. The van der Waals surface area contributed by atoms with Gasteiger partial charge in [-0.3, -0.25) is 9.69 Å². The van der Waals surface area contributed by atoms with Crippen LogP contribution in [0.2, 0.25) is 0 Å². The summed E-state index contributed by atoms with van der Waals surface area (Å²) in [5, 5.41) is 3.00. The lowest BCUT2D eigenvalue weighted by Gasteiger charge is -2.32. The van der Waals surface area contributed by atoms with Crippen LogP contribution in [-0.2, 0) is 0 Å². The highest BCUT2D eigenvalue weighted by Gasteiger charge is 2.21. The van der Waals surface area contributed by atoms with E-state index in [2.05, 4.69) is 10.2 Å². The van der Waals surface area contributed by atoms with Gasteiger partial charge in [-0.05, 0) is 49.2 Å². The molecule has 1 amide bonds. The molecule has 0 atom stereocenters. The monoisotopic (exact) mass is 360 g/mol. The Morgan fingerprint density at radius 2 is 1.77 bits per heavy atom. The van der Waals surface area contributed by atoms with Crippen molar-refractivity contribution in [3.63, 3.8) is 0 Å². The lowest BCUT2D eigenvalue weighted by molar-refractivity contribution is 0.0905. The Hall–Kier alpha value is -2.47. The van der Waals surface area contributed by atoms with Crippen molar-refractivity contribution in [2.24, 2.45) is 0 Å². The molecule has 1 heterocycles. The van der Waals surface area contributed by atoms with Crippen LogP contribution in [0.25, 0.3) is 0 Å². The van der Waals surface area contributed by atoms with Gasteiger partial charge in [0.25, 0.3) is 5.91 Å². The quantitative estimate of drug-likeness (QED) is 0.860. The number of nitrogens with zero attached hydrogens (tertiary/aromatic N) is 1. The molecule has 2 aromatic rings. The maximum Gasteiger partial charge on any atom is 0.251 e. The van der Waals surface area contributed by atoms with Crippen LogP contribution in [0.15, 0.2) is 48.5 Å². The molecule has 0 spiro atoms. The van der Waals surface area contributed by atoms with E-state index in [0.717, 1.165) is 25.9 Å². The summed E-state index contributed by atoms with van der Waals surface area (Å²) in [6.07, 6.45) is 1.68. The topological polar surface area (TPSA) is 41.6 Å². The fraction of sp³-hybridized carbons (Fsp3) is 0.350. The Balaban J connectivity index is 1.38. The maximum atomic E-state index is 13.5. The van der Waals surface area contributed by atoms with Crippen molar-refractivity contribution in [1.82, 2.24) is 10.2 Å². The van der Waals surface area contributed by atoms with Gasteiger partial charge in [-0.2, -0.15) is 0 Å². The molecular formula is C20H22F2N2O2. The number of nitrogens with one attached hydrogen (secondary N) is 1. The van der Waals surface area contributed by atoms with Gasteiger partial charge in [-0.1, -0.05) is 12.1 Å². The summed E-state index contributed by atoms with van der Waals surface area (Å²) in [6, 6.07) is 12.0. The van der Waals surface area contributed by atoms with E-state index in [9.17, 15) is 13.6 Å². The summed E-state index contributed by atoms with van der Waals surface area (Å²) in [6.45, 7) is 2.82. The molecule has 1 fully saturated rings. The molecule has 1 saturated heterocycles. The van der Waals surface area contributed by atoms with Crippen molar-refractivity contribution in [3.05, 3.63) is 65.7 Å². The first kappa shape index (κ1) is 18.3. The van der Waals surface area contributed by atoms with E-state index in [0.29, 0.717) is 18.7 Å². The molecule has 138 valence electrons. The average molecular weight is 360 g/mol. The summed E-state index contributed by atoms with van der Waals surface area (Å²) in [5.41, 5.74) is 0.465. The Kier molecular flexibility index (Phi) is 6.17. The van der Waals surface area contributed by atoms with E-state index in [1.54, 1.807) is 18.2 Å². The molecule has 1 aliphatic heterocycles. The number of benzene rings is 2. The van der Waals surface area contributed by atoms with E-state index < -0.39 is 0 Å². The molecular weight excluding hydrogens is 338 g/mol. The van der Waals surface area contributed by atoms with Crippen molar-refractivity contribution in [1.29, 1.82) is 0 Å². The van der Waals surface area contributed by atoms with Crippen LogP contribution >= 0.6 is 0 Å². The van der Waals surface area contributed by atoms with Crippen molar-refractivity contribution in [2.45, 2.75) is 18.9 Å². The zero-order chi connectivity index (χ0) is 18.4. The van der Waals surface area contributed by atoms with Gasteiger partial charge in [-0.25, -0.2) is 8.78 Å². The summed E-state index contributed by atoms with van der Waals surface area (Å²) >= 11 is 0. The van der Waals surface area contributed by atoms with Crippen LogP contribution in [0.5, 0.6) is 5.75 Å². The summed E-state index contributed by atoms with van der Waals surface area (Å²) < 4.78 is 31.9. The number of para-hydroxylation sites is 1.